The minimum absolute atomic E-state index is 0.190. The first-order chi connectivity index (χ1) is 12.1. The standard InChI is InChI=1S/C18H13N3O4/c22-18(13-5-2-1-3-6-13)20-14-9-15(21(23)24)11-17(10-14)25-16-7-4-8-19-12-16/h1-12H,(H,20,22). The molecule has 0 saturated heterocycles. The van der Waals surface area contributed by atoms with Gasteiger partial charge in [0, 0.05) is 23.9 Å². The lowest BCUT2D eigenvalue weighted by atomic mass is 10.2. The summed E-state index contributed by atoms with van der Waals surface area (Å²) in [6, 6.07) is 16.0. The van der Waals surface area contributed by atoms with Crippen molar-refractivity contribution in [3.8, 4) is 11.5 Å². The fourth-order valence-electron chi connectivity index (χ4n) is 2.16. The Morgan fingerprint density at radius 2 is 1.84 bits per heavy atom. The highest BCUT2D eigenvalue weighted by molar-refractivity contribution is 6.04. The summed E-state index contributed by atoms with van der Waals surface area (Å²) in [4.78, 5) is 26.7. The van der Waals surface area contributed by atoms with Crippen molar-refractivity contribution in [2.45, 2.75) is 0 Å². The van der Waals surface area contributed by atoms with Crippen molar-refractivity contribution < 1.29 is 14.5 Å². The molecule has 0 bridgehead atoms. The zero-order valence-corrected chi connectivity index (χ0v) is 13.0. The second-order valence-electron chi connectivity index (χ2n) is 5.08. The number of non-ortho nitro benzene ring substituents is 1. The summed E-state index contributed by atoms with van der Waals surface area (Å²) in [5.41, 5.74) is 0.524. The Bertz CT molecular complexity index is 899. The smallest absolute Gasteiger partial charge is 0.275 e. The fourth-order valence-corrected chi connectivity index (χ4v) is 2.16. The van der Waals surface area contributed by atoms with Crippen LogP contribution in [-0.2, 0) is 0 Å². The van der Waals surface area contributed by atoms with E-state index in [2.05, 4.69) is 10.3 Å². The van der Waals surface area contributed by atoms with E-state index in [0.29, 0.717) is 11.3 Å². The lowest BCUT2D eigenvalue weighted by molar-refractivity contribution is -0.384. The predicted octanol–water partition coefficient (Wildman–Crippen LogP) is 4.03. The molecule has 2 aromatic carbocycles. The van der Waals surface area contributed by atoms with E-state index in [4.69, 9.17) is 4.74 Å². The van der Waals surface area contributed by atoms with Gasteiger partial charge in [-0.2, -0.15) is 0 Å². The van der Waals surface area contributed by atoms with E-state index in [1.807, 2.05) is 0 Å². The summed E-state index contributed by atoms with van der Waals surface area (Å²) in [7, 11) is 0. The minimum atomic E-state index is -0.547. The Labute approximate surface area is 143 Å². The molecule has 1 amide bonds. The van der Waals surface area contributed by atoms with Crippen LogP contribution in [0, 0.1) is 10.1 Å². The minimum Gasteiger partial charge on any atom is -0.455 e. The number of hydrogen-bond acceptors (Lipinski definition) is 5. The number of hydrogen-bond donors (Lipinski definition) is 1. The van der Waals surface area contributed by atoms with Crippen LogP contribution >= 0.6 is 0 Å². The Kier molecular flexibility index (Phi) is 4.66. The van der Waals surface area contributed by atoms with Crippen LogP contribution in [-0.4, -0.2) is 15.8 Å². The van der Waals surface area contributed by atoms with Crippen LogP contribution in [0.25, 0.3) is 0 Å². The van der Waals surface area contributed by atoms with Gasteiger partial charge in [0.1, 0.15) is 11.5 Å². The van der Waals surface area contributed by atoms with E-state index in [0.717, 1.165) is 0 Å². The number of benzene rings is 2. The maximum atomic E-state index is 12.2. The number of amides is 1. The van der Waals surface area contributed by atoms with E-state index in [1.54, 1.807) is 48.7 Å². The van der Waals surface area contributed by atoms with Crippen molar-refractivity contribution in [1.82, 2.24) is 4.98 Å². The average molecular weight is 335 g/mol. The molecule has 3 aromatic rings. The molecule has 7 nitrogen and oxygen atoms in total. The molecule has 0 atom stereocenters. The van der Waals surface area contributed by atoms with Crippen molar-refractivity contribution in [2.24, 2.45) is 0 Å². The number of ether oxygens (including phenoxy) is 1. The van der Waals surface area contributed by atoms with Crippen molar-refractivity contribution in [3.05, 3.63) is 88.7 Å². The molecule has 0 radical (unpaired) electrons. The molecule has 124 valence electrons. The molecule has 0 aliphatic heterocycles. The van der Waals surface area contributed by atoms with Gasteiger partial charge in [0.2, 0.25) is 0 Å². The number of nitrogens with one attached hydrogen (secondary N) is 1. The summed E-state index contributed by atoms with van der Waals surface area (Å²) in [5.74, 6) is 0.294. The first-order valence-corrected chi connectivity index (χ1v) is 7.35. The number of nitrogens with zero attached hydrogens (tertiary/aromatic N) is 2. The first-order valence-electron chi connectivity index (χ1n) is 7.35. The largest absolute Gasteiger partial charge is 0.455 e. The van der Waals surface area contributed by atoms with Gasteiger partial charge < -0.3 is 10.1 Å². The number of carbonyl (C=O) groups excluding carboxylic acids is 1. The quantitative estimate of drug-likeness (QED) is 0.561. The third-order valence-electron chi connectivity index (χ3n) is 3.27. The van der Waals surface area contributed by atoms with E-state index in [1.165, 1.54) is 24.4 Å². The average Bonchev–Trinajstić information content (AvgIpc) is 2.63. The number of carbonyl (C=O) groups is 1. The Balaban J connectivity index is 1.88. The third kappa shape index (κ3) is 4.17. The zero-order valence-electron chi connectivity index (χ0n) is 13.0. The van der Waals surface area contributed by atoms with Gasteiger partial charge in [-0.15, -0.1) is 0 Å². The molecule has 1 aromatic heterocycles. The SMILES string of the molecule is O=C(Nc1cc(Oc2cccnc2)cc([N+](=O)[O-])c1)c1ccccc1. The Morgan fingerprint density at radius 1 is 1.04 bits per heavy atom. The van der Waals surface area contributed by atoms with E-state index < -0.39 is 4.92 Å². The molecular formula is C18H13N3O4. The number of nitro benzene ring substituents is 1. The van der Waals surface area contributed by atoms with Gasteiger partial charge in [-0.1, -0.05) is 18.2 Å². The second kappa shape index (κ2) is 7.22. The maximum Gasteiger partial charge on any atom is 0.275 e. The topological polar surface area (TPSA) is 94.4 Å². The van der Waals surface area contributed by atoms with Crippen molar-refractivity contribution >= 4 is 17.3 Å². The molecule has 1 heterocycles. The lowest BCUT2D eigenvalue weighted by Gasteiger charge is -2.09. The van der Waals surface area contributed by atoms with Crippen LogP contribution in [0.2, 0.25) is 0 Å². The molecule has 3 rings (SSSR count). The van der Waals surface area contributed by atoms with Crippen LogP contribution in [0.4, 0.5) is 11.4 Å². The molecule has 25 heavy (non-hydrogen) atoms. The Morgan fingerprint density at radius 3 is 2.52 bits per heavy atom. The van der Waals surface area contributed by atoms with Gasteiger partial charge >= 0.3 is 0 Å². The van der Waals surface area contributed by atoms with Crippen LogP contribution in [0.3, 0.4) is 0 Å². The van der Waals surface area contributed by atoms with Crippen LogP contribution in [0.1, 0.15) is 10.4 Å². The highest BCUT2D eigenvalue weighted by atomic mass is 16.6. The molecule has 0 aliphatic carbocycles. The molecule has 0 fully saturated rings. The van der Waals surface area contributed by atoms with Gasteiger partial charge in [-0.25, -0.2) is 0 Å². The zero-order chi connectivity index (χ0) is 17.6. The van der Waals surface area contributed by atoms with Gasteiger partial charge in [0.15, 0.2) is 0 Å². The summed E-state index contributed by atoms with van der Waals surface area (Å²) in [6.45, 7) is 0. The van der Waals surface area contributed by atoms with Crippen LogP contribution < -0.4 is 10.1 Å². The van der Waals surface area contributed by atoms with Gasteiger partial charge in [0.25, 0.3) is 11.6 Å². The fraction of sp³-hybridized carbons (Fsp3) is 0. The van der Waals surface area contributed by atoms with Crippen LogP contribution in [0.15, 0.2) is 73.1 Å². The lowest BCUT2D eigenvalue weighted by Crippen LogP contribution is -2.11. The number of pyridine rings is 1. The maximum absolute atomic E-state index is 12.2. The van der Waals surface area contributed by atoms with E-state index >= 15 is 0 Å². The van der Waals surface area contributed by atoms with Crippen LogP contribution in [0.5, 0.6) is 11.5 Å². The van der Waals surface area contributed by atoms with Gasteiger partial charge in [0.05, 0.1) is 22.9 Å². The molecule has 0 spiro atoms. The molecule has 7 heteroatoms. The number of nitro groups is 1. The number of aromatic nitrogens is 1. The summed E-state index contributed by atoms with van der Waals surface area (Å²) < 4.78 is 5.58. The summed E-state index contributed by atoms with van der Waals surface area (Å²) in [5, 5.41) is 13.8. The monoisotopic (exact) mass is 335 g/mol. The van der Waals surface area contributed by atoms with E-state index in [-0.39, 0.29) is 23.0 Å². The van der Waals surface area contributed by atoms with Gasteiger partial charge in [-0.3, -0.25) is 19.9 Å². The van der Waals surface area contributed by atoms with Gasteiger partial charge in [-0.05, 0) is 24.3 Å². The van der Waals surface area contributed by atoms with Crippen molar-refractivity contribution in [2.75, 3.05) is 5.32 Å². The molecule has 0 unspecified atom stereocenters. The summed E-state index contributed by atoms with van der Waals surface area (Å²) >= 11 is 0. The van der Waals surface area contributed by atoms with E-state index in [9.17, 15) is 14.9 Å². The third-order valence-corrected chi connectivity index (χ3v) is 3.27. The highest BCUT2D eigenvalue weighted by Gasteiger charge is 2.14. The number of rotatable bonds is 5. The van der Waals surface area contributed by atoms with Crippen molar-refractivity contribution in [3.63, 3.8) is 0 Å². The van der Waals surface area contributed by atoms with Crippen molar-refractivity contribution in [1.29, 1.82) is 0 Å². The predicted molar refractivity (Wildman–Crippen MR) is 91.8 cm³/mol. The highest BCUT2D eigenvalue weighted by Crippen LogP contribution is 2.29. The Hall–Kier alpha value is -3.74. The second-order valence-corrected chi connectivity index (χ2v) is 5.08. The molecule has 0 saturated carbocycles. The summed E-state index contributed by atoms with van der Waals surface area (Å²) in [6.07, 6.45) is 3.08. The molecular weight excluding hydrogens is 322 g/mol. The molecule has 1 N–H and O–H groups in total. The first kappa shape index (κ1) is 16.1. The normalized spacial score (nSPS) is 10.1. The number of anilines is 1. The molecule has 0 aliphatic rings.